The average molecular weight is 922 g/mol. The standard InChI is InChI=1S/C28H23FNO.C18H18GeN.Ir/c1-28(2,3)17-18-12-13-30-25(14-18)21-7-11-24-23-10-6-20(15-26(23)31-27(24)16-21)19-4-8-22(29)9-5-19;1-19(2,3)15-11-12-18(20-13-15)17-10-6-8-14-7-4-5-9-16(14)17;/h4-6,8-16H,17H2,1-3H3;4-9,11-13H,1-3H3;/q2*-1;. The van der Waals surface area contributed by atoms with Crippen LogP contribution in [-0.4, -0.2) is 23.2 Å². The van der Waals surface area contributed by atoms with Crippen LogP contribution >= 0.6 is 0 Å². The molecule has 263 valence electrons. The molecule has 0 aliphatic heterocycles. The molecule has 0 aliphatic carbocycles. The molecule has 0 spiro atoms. The number of nitrogens with zero attached hydrogens (tertiary/aromatic N) is 2. The molecule has 0 fully saturated rings. The van der Waals surface area contributed by atoms with E-state index >= 15 is 0 Å². The van der Waals surface area contributed by atoms with E-state index < -0.39 is 13.3 Å². The third kappa shape index (κ3) is 8.44. The molecular weight excluding hydrogens is 880 g/mol. The fourth-order valence-corrected chi connectivity index (χ4v) is 8.56. The van der Waals surface area contributed by atoms with Gasteiger partial charge in [-0.05, 0) is 58.3 Å². The van der Waals surface area contributed by atoms with E-state index in [0.717, 1.165) is 62.0 Å². The third-order valence-corrected chi connectivity index (χ3v) is 13.3. The first kappa shape index (κ1) is 37.3. The van der Waals surface area contributed by atoms with Gasteiger partial charge < -0.3 is 9.40 Å². The number of hydrogen-bond acceptors (Lipinski definition) is 3. The quantitative estimate of drug-likeness (QED) is 0.128. The summed E-state index contributed by atoms with van der Waals surface area (Å²) in [5.41, 5.74) is 8.96. The summed E-state index contributed by atoms with van der Waals surface area (Å²) in [5.74, 6) is 6.93. The van der Waals surface area contributed by atoms with Gasteiger partial charge in [-0.25, -0.2) is 4.39 Å². The summed E-state index contributed by atoms with van der Waals surface area (Å²) in [4.78, 5) is 9.24. The molecule has 0 saturated carbocycles. The molecule has 8 aromatic rings. The molecule has 0 bridgehead atoms. The summed E-state index contributed by atoms with van der Waals surface area (Å²) in [6, 6.07) is 44.4. The average Bonchev–Trinajstić information content (AvgIpc) is 3.48. The first-order valence-electron chi connectivity index (χ1n) is 17.4. The second kappa shape index (κ2) is 15.3. The Hall–Kier alpha value is -4.42. The molecule has 0 aliphatic rings. The zero-order valence-corrected chi connectivity index (χ0v) is 34.8. The van der Waals surface area contributed by atoms with Gasteiger partial charge in [0.05, 0.1) is 5.58 Å². The van der Waals surface area contributed by atoms with Crippen LogP contribution < -0.4 is 4.40 Å². The number of rotatable bonds is 5. The van der Waals surface area contributed by atoms with Gasteiger partial charge in [0.25, 0.3) is 0 Å². The summed E-state index contributed by atoms with van der Waals surface area (Å²) in [6.07, 6.45) is 4.91. The normalized spacial score (nSPS) is 11.7. The number of furan rings is 1. The zero-order chi connectivity index (χ0) is 35.8. The molecule has 52 heavy (non-hydrogen) atoms. The molecule has 3 nitrogen and oxygen atoms in total. The number of aromatic nitrogens is 2. The minimum Gasteiger partial charge on any atom is 0 e. The van der Waals surface area contributed by atoms with Crippen molar-refractivity contribution in [3.63, 3.8) is 0 Å². The van der Waals surface area contributed by atoms with Crippen LogP contribution in [0.2, 0.25) is 17.3 Å². The second-order valence-electron chi connectivity index (χ2n) is 15.4. The van der Waals surface area contributed by atoms with Crippen molar-refractivity contribution in [1.82, 2.24) is 9.97 Å². The van der Waals surface area contributed by atoms with Crippen molar-refractivity contribution in [3.8, 4) is 33.6 Å². The summed E-state index contributed by atoms with van der Waals surface area (Å²) in [6.45, 7) is 6.71. The minimum atomic E-state index is -1.78. The Bertz CT molecular complexity index is 2470. The molecular formula is C46H41FGeIrN2O-2. The minimum absolute atomic E-state index is 0. The van der Waals surface area contributed by atoms with Gasteiger partial charge in [0.15, 0.2) is 0 Å². The molecule has 6 heteroatoms. The third-order valence-electron chi connectivity index (χ3n) is 9.02. The van der Waals surface area contributed by atoms with Crippen LogP contribution in [0.15, 0.2) is 132 Å². The van der Waals surface area contributed by atoms with Gasteiger partial charge in [-0.3, -0.25) is 0 Å². The van der Waals surface area contributed by atoms with Crippen LogP contribution in [0.1, 0.15) is 26.3 Å². The molecule has 0 amide bonds. The largest absolute Gasteiger partial charge is 0 e. The molecule has 3 aromatic heterocycles. The van der Waals surface area contributed by atoms with Crippen LogP contribution in [0.3, 0.4) is 0 Å². The van der Waals surface area contributed by atoms with E-state index in [1.807, 2.05) is 36.5 Å². The molecule has 8 rings (SSSR count). The maximum absolute atomic E-state index is 13.3. The van der Waals surface area contributed by atoms with E-state index in [1.54, 1.807) is 12.1 Å². The molecule has 0 N–H and O–H groups in total. The monoisotopic (exact) mass is 923 g/mol. The number of benzene rings is 5. The molecule has 1 radical (unpaired) electrons. The van der Waals surface area contributed by atoms with Gasteiger partial charge in [0.2, 0.25) is 0 Å². The molecule has 0 saturated heterocycles. The van der Waals surface area contributed by atoms with Crippen molar-refractivity contribution in [1.29, 1.82) is 0 Å². The van der Waals surface area contributed by atoms with E-state index in [-0.39, 0.29) is 31.3 Å². The summed E-state index contributed by atoms with van der Waals surface area (Å²) < 4.78 is 20.9. The molecule has 0 atom stereocenters. The Morgan fingerprint density at radius 1 is 0.712 bits per heavy atom. The Morgan fingerprint density at radius 2 is 1.46 bits per heavy atom. The topological polar surface area (TPSA) is 38.9 Å². The van der Waals surface area contributed by atoms with Crippen molar-refractivity contribution < 1.29 is 28.9 Å². The zero-order valence-electron chi connectivity index (χ0n) is 30.3. The fourth-order valence-electron chi connectivity index (χ4n) is 6.39. The molecule has 5 aromatic carbocycles. The van der Waals surface area contributed by atoms with Gasteiger partial charge in [0.1, 0.15) is 11.4 Å². The van der Waals surface area contributed by atoms with Crippen molar-refractivity contribution in [3.05, 3.63) is 151 Å². The van der Waals surface area contributed by atoms with Gasteiger partial charge in [-0.2, -0.15) is 0 Å². The van der Waals surface area contributed by atoms with Gasteiger partial charge in [0, 0.05) is 26.3 Å². The van der Waals surface area contributed by atoms with Gasteiger partial charge in [-0.1, -0.05) is 68.1 Å². The Morgan fingerprint density at radius 3 is 2.19 bits per heavy atom. The maximum atomic E-state index is 13.3. The van der Waals surface area contributed by atoms with Crippen LogP contribution in [0, 0.1) is 23.4 Å². The number of hydrogen-bond donors (Lipinski definition) is 0. The smallest absolute Gasteiger partial charge is 0 e. The second-order valence-corrected chi connectivity index (χ2v) is 26.0. The molecule has 3 heterocycles. The van der Waals surface area contributed by atoms with Crippen molar-refractivity contribution in [2.45, 2.75) is 44.5 Å². The van der Waals surface area contributed by atoms with Crippen LogP contribution in [0.5, 0.6) is 0 Å². The maximum Gasteiger partial charge on any atom is 0 e. The first-order valence-corrected chi connectivity index (χ1v) is 24.7. The van der Waals surface area contributed by atoms with Crippen molar-refractivity contribution >= 4 is 50.4 Å². The van der Waals surface area contributed by atoms with Gasteiger partial charge >= 0.3 is 123 Å². The van der Waals surface area contributed by atoms with Crippen molar-refractivity contribution in [2.75, 3.05) is 0 Å². The predicted octanol–water partition coefficient (Wildman–Crippen LogP) is 12.1. The van der Waals surface area contributed by atoms with Crippen LogP contribution in [0.4, 0.5) is 4.39 Å². The Kier molecular flexibility index (Phi) is 11.0. The number of halogens is 1. The summed E-state index contributed by atoms with van der Waals surface area (Å²) >= 11 is -1.78. The van der Waals surface area contributed by atoms with Crippen LogP contribution in [0.25, 0.3) is 66.4 Å². The number of pyridine rings is 2. The van der Waals surface area contributed by atoms with E-state index in [2.05, 4.69) is 127 Å². The van der Waals surface area contributed by atoms with E-state index in [1.165, 1.54) is 32.9 Å². The summed E-state index contributed by atoms with van der Waals surface area (Å²) in [5, 5.41) is 4.52. The first-order chi connectivity index (χ1) is 24.4. The van der Waals surface area contributed by atoms with Crippen molar-refractivity contribution in [2.24, 2.45) is 5.41 Å². The fraction of sp³-hybridized carbons (Fsp3) is 0.174. The van der Waals surface area contributed by atoms with E-state index in [9.17, 15) is 4.39 Å². The Balaban J connectivity index is 0.000000192. The van der Waals surface area contributed by atoms with E-state index in [4.69, 9.17) is 4.42 Å². The summed E-state index contributed by atoms with van der Waals surface area (Å²) in [7, 11) is 0. The van der Waals surface area contributed by atoms with Gasteiger partial charge in [-0.15, -0.1) is 17.7 Å². The molecule has 0 unspecified atom stereocenters. The number of fused-ring (bicyclic) bond motifs is 4. The van der Waals surface area contributed by atoms with E-state index in [0.29, 0.717) is 0 Å². The Labute approximate surface area is 322 Å². The van der Waals surface area contributed by atoms with Crippen LogP contribution in [-0.2, 0) is 26.5 Å². The SMILES string of the molecule is CC(C)(C)Cc1ccnc(-c2[c-]cc3c(c2)oc2cc(-c4ccc(F)cc4)ccc23)c1.[CH3][Ge]([CH3])([CH3])[c]1ccc(-c2[c-]ccc3ccccc23)nc1.[Ir]. The predicted molar refractivity (Wildman–Crippen MR) is 213 cm³/mol.